The van der Waals surface area contributed by atoms with E-state index in [1.54, 1.807) is 34.6 Å². The minimum Gasteiger partial charge on any atom is -0.461 e. The number of hydrogen-bond acceptors (Lipinski definition) is 10. The molecule has 0 aromatic heterocycles. The third-order valence-electron chi connectivity index (χ3n) is 10.0. The minimum absolute atomic E-state index is 0.189. The van der Waals surface area contributed by atoms with Crippen LogP contribution in [0.1, 0.15) is 68.2 Å². The minimum atomic E-state index is -1.46. The van der Waals surface area contributed by atoms with Crippen molar-refractivity contribution in [3.63, 3.8) is 0 Å². The number of carbonyl (C=O) groups excluding carboxylic acids is 5. The quantitative estimate of drug-likeness (QED) is 0.318. The number of aliphatic hydroxyl groups excluding tert-OH is 1. The zero-order valence-electron chi connectivity index (χ0n) is 23.3. The SMILES string of the molecule is C=C1CC2C3(C)C(OC(C)=O)CC(=O)OC(C)(C)C3C(O)C(OC(C)=O)C2(C)C2C(=O)OC(C)C(=O)C12C. The summed E-state index contributed by atoms with van der Waals surface area (Å²) in [6.07, 6.45) is -4.86. The van der Waals surface area contributed by atoms with Gasteiger partial charge in [-0.2, -0.15) is 0 Å². The van der Waals surface area contributed by atoms with Crippen LogP contribution in [0.25, 0.3) is 0 Å². The molecule has 38 heavy (non-hydrogen) atoms. The molecule has 0 aromatic carbocycles. The van der Waals surface area contributed by atoms with E-state index in [9.17, 15) is 29.1 Å². The number of rotatable bonds is 2. The summed E-state index contributed by atoms with van der Waals surface area (Å²) in [5.74, 6) is -5.62. The molecule has 10 nitrogen and oxygen atoms in total. The number of ether oxygens (including phenoxy) is 4. The zero-order valence-corrected chi connectivity index (χ0v) is 23.3. The molecule has 4 rings (SSSR count). The lowest BCUT2D eigenvalue weighted by atomic mass is 9.36. The Labute approximate surface area is 222 Å². The van der Waals surface area contributed by atoms with E-state index in [1.165, 1.54) is 20.8 Å². The van der Waals surface area contributed by atoms with Crippen molar-refractivity contribution in [3.8, 4) is 0 Å². The van der Waals surface area contributed by atoms with Crippen molar-refractivity contribution in [1.82, 2.24) is 0 Å². The van der Waals surface area contributed by atoms with E-state index in [4.69, 9.17) is 18.9 Å². The summed E-state index contributed by atoms with van der Waals surface area (Å²) in [5.41, 5.74) is -4.69. The highest BCUT2D eigenvalue weighted by Crippen LogP contribution is 2.71. The fourth-order valence-electron chi connectivity index (χ4n) is 8.71. The molecule has 1 N–H and O–H groups in total. The Morgan fingerprint density at radius 2 is 1.55 bits per heavy atom. The molecule has 2 heterocycles. The molecule has 10 heteroatoms. The fraction of sp³-hybridized carbons (Fsp3) is 0.750. The van der Waals surface area contributed by atoms with Gasteiger partial charge >= 0.3 is 23.9 Å². The molecule has 2 aliphatic carbocycles. The summed E-state index contributed by atoms with van der Waals surface area (Å²) in [6, 6.07) is 0. The molecular weight excluding hydrogens is 496 g/mol. The van der Waals surface area contributed by atoms with Gasteiger partial charge in [0.1, 0.15) is 17.8 Å². The third-order valence-corrected chi connectivity index (χ3v) is 10.0. The number of fused-ring (bicyclic) bond motifs is 5. The topological polar surface area (TPSA) is 143 Å². The molecule has 4 fully saturated rings. The summed E-state index contributed by atoms with van der Waals surface area (Å²) in [4.78, 5) is 64.9. The maximum Gasteiger partial charge on any atom is 0.311 e. The Hall–Kier alpha value is -2.75. The summed E-state index contributed by atoms with van der Waals surface area (Å²) < 4.78 is 22.9. The highest BCUT2D eigenvalue weighted by atomic mass is 16.6. The fourth-order valence-corrected chi connectivity index (χ4v) is 8.71. The van der Waals surface area contributed by atoms with Gasteiger partial charge in [0.15, 0.2) is 11.9 Å². The summed E-state index contributed by atoms with van der Waals surface area (Å²) in [6.45, 7) is 16.7. The third kappa shape index (κ3) is 3.58. The van der Waals surface area contributed by atoms with E-state index in [0.717, 1.165) is 0 Å². The number of cyclic esters (lactones) is 2. The lowest BCUT2D eigenvalue weighted by Gasteiger charge is -2.69. The second-order valence-corrected chi connectivity index (χ2v) is 12.5. The number of Topliss-reactive ketones (excluding diaryl/α,β-unsaturated/α-hetero) is 1. The largest absolute Gasteiger partial charge is 0.461 e. The molecule has 0 amide bonds. The van der Waals surface area contributed by atoms with Crippen LogP contribution in [-0.4, -0.2) is 64.8 Å². The number of allylic oxidation sites excluding steroid dienone is 1. The van der Waals surface area contributed by atoms with E-state index in [0.29, 0.717) is 5.57 Å². The van der Waals surface area contributed by atoms with Crippen LogP contribution in [0.5, 0.6) is 0 Å². The maximum absolute atomic E-state index is 13.7. The van der Waals surface area contributed by atoms with E-state index in [2.05, 4.69) is 6.58 Å². The van der Waals surface area contributed by atoms with Crippen LogP contribution in [-0.2, 0) is 42.9 Å². The molecule has 2 saturated carbocycles. The maximum atomic E-state index is 13.7. The Morgan fingerprint density at radius 1 is 0.974 bits per heavy atom. The summed E-state index contributed by atoms with van der Waals surface area (Å²) in [5, 5.41) is 12.1. The van der Waals surface area contributed by atoms with Crippen LogP contribution in [0.4, 0.5) is 0 Å². The Balaban J connectivity index is 2.06. The lowest BCUT2D eigenvalue weighted by Crippen LogP contribution is -2.76. The molecular formula is C28H38O10. The van der Waals surface area contributed by atoms with Crippen molar-refractivity contribution in [3.05, 3.63) is 12.2 Å². The summed E-state index contributed by atoms with van der Waals surface area (Å²) in [7, 11) is 0. The van der Waals surface area contributed by atoms with Crippen molar-refractivity contribution in [2.24, 2.45) is 34.0 Å². The molecule has 10 unspecified atom stereocenters. The highest BCUT2D eigenvalue weighted by Gasteiger charge is 2.78. The van der Waals surface area contributed by atoms with Gasteiger partial charge in [-0.05, 0) is 40.0 Å². The molecule has 2 aliphatic heterocycles. The molecule has 2 saturated heterocycles. The predicted octanol–water partition coefficient (Wildman–Crippen LogP) is 2.29. The van der Waals surface area contributed by atoms with E-state index in [-0.39, 0.29) is 18.6 Å². The van der Waals surface area contributed by atoms with Crippen molar-refractivity contribution in [2.75, 3.05) is 0 Å². The summed E-state index contributed by atoms with van der Waals surface area (Å²) >= 11 is 0. The molecule has 0 aromatic rings. The van der Waals surface area contributed by atoms with Crippen LogP contribution in [0.15, 0.2) is 12.2 Å². The first-order chi connectivity index (χ1) is 17.3. The van der Waals surface area contributed by atoms with Crippen molar-refractivity contribution >= 4 is 29.7 Å². The van der Waals surface area contributed by atoms with Gasteiger partial charge in [0.05, 0.1) is 23.9 Å². The first-order valence-corrected chi connectivity index (χ1v) is 13.0. The average Bonchev–Trinajstić information content (AvgIpc) is 2.82. The van der Waals surface area contributed by atoms with Crippen molar-refractivity contribution in [1.29, 1.82) is 0 Å². The van der Waals surface area contributed by atoms with E-state index < -0.39 is 87.9 Å². The van der Waals surface area contributed by atoms with Crippen LogP contribution >= 0.6 is 0 Å². The van der Waals surface area contributed by atoms with Gasteiger partial charge in [-0.25, -0.2) is 0 Å². The predicted molar refractivity (Wildman–Crippen MR) is 131 cm³/mol. The number of ketones is 1. The Morgan fingerprint density at radius 3 is 2.11 bits per heavy atom. The Bertz CT molecular complexity index is 1120. The molecule has 0 radical (unpaired) electrons. The van der Waals surface area contributed by atoms with Gasteiger partial charge in [-0.3, -0.25) is 24.0 Å². The van der Waals surface area contributed by atoms with E-state index in [1.807, 2.05) is 0 Å². The number of aliphatic hydroxyl groups is 1. The zero-order chi connectivity index (χ0) is 28.7. The van der Waals surface area contributed by atoms with Gasteiger partial charge in [-0.1, -0.05) is 26.0 Å². The number of carbonyl (C=O) groups is 5. The van der Waals surface area contributed by atoms with Gasteiger partial charge in [-0.15, -0.1) is 0 Å². The van der Waals surface area contributed by atoms with Gasteiger partial charge < -0.3 is 24.1 Å². The Kier molecular flexibility index (Phi) is 6.42. The second kappa shape index (κ2) is 8.63. The normalized spacial score (nSPS) is 45.9. The molecule has 210 valence electrons. The number of esters is 4. The van der Waals surface area contributed by atoms with Crippen LogP contribution in [0.3, 0.4) is 0 Å². The van der Waals surface area contributed by atoms with Crippen LogP contribution in [0, 0.1) is 34.0 Å². The second-order valence-electron chi connectivity index (χ2n) is 12.5. The lowest BCUT2D eigenvalue weighted by molar-refractivity contribution is -0.289. The standard InChI is InChI=1S/C28H38O10/c1-12-10-16-27(8)17(36-14(3)29)11-18(31)38-25(5,6)20(27)19(32)23(37-15(4)30)28(16,9)21-24(34)35-13(2)22(33)26(12,21)7/h13,16-17,19-21,23,32H,1,10-11H2,2-9H3. The van der Waals surface area contributed by atoms with Gasteiger partial charge in [0.25, 0.3) is 0 Å². The smallest absolute Gasteiger partial charge is 0.311 e. The van der Waals surface area contributed by atoms with Crippen molar-refractivity contribution < 1.29 is 48.0 Å². The average molecular weight is 535 g/mol. The van der Waals surface area contributed by atoms with Gasteiger partial charge in [0.2, 0.25) is 0 Å². The molecule has 10 atom stereocenters. The first-order valence-electron chi connectivity index (χ1n) is 13.0. The monoisotopic (exact) mass is 534 g/mol. The number of hydrogen-bond donors (Lipinski definition) is 1. The first kappa shape index (κ1) is 28.3. The molecule has 0 bridgehead atoms. The van der Waals surface area contributed by atoms with Crippen molar-refractivity contribution in [2.45, 2.75) is 98.2 Å². The highest BCUT2D eigenvalue weighted by molar-refractivity contribution is 6.00. The van der Waals surface area contributed by atoms with E-state index >= 15 is 0 Å². The van der Waals surface area contributed by atoms with Crippen LogP contribution < -0.4 is 0 Å². The molecule has 0 spiro atoms. The van der Waals surface area contributed by atoms with Crippen LogP contribution in [0.2, 0.25) is 0 Å². The van der Waals surface area contributed by atoms with Gasteiger partial charge in [0, 0.05) is 30.6 Å². The molecule has 4 aliphatic rings.